The van der Waals surface area contributed by atoms with Crippen molar-refractivity contribution in [2.24, 2.45) is 0 Å². The number of imide groups is 1. The fraction of sp³-hybridized carbons (Fsp3) is 0.312. The zero-order chi connectivity index (χ0) is 15.9. The van der Waals surface area contributed by atoms with Gasteiger partial charge in [-0.2, -0.15) is 11.8 Å². The van der Waals surface area contributed by atoms with Crippen LogP contribution in [-0.2, 0) is 11.3 Å². The van der Waals surface area contributed by atoms with Crippen molar-refractivity contribution in [2.45, 2.75) is 18.5 Å². The Balaban J connectivity index is 1.54. The predicted molar refractivity (Wildman–Crippen MR) is 85.7 cm³/mol. The number of amides is 3. The molecule has 118 valence electrons. The van der Waals surface area contributed by atoms with Gasteiger partial charge in [0.05, 0.1) is 6.54 Å². The van der Waals surface area contributed by atoms with E-state index in [9.17, 15) is 9.59 Å². The Hall–Kier alpha value is -2.28. The lowest BCUT2D eigenvalue weighted by Crippen LogP contribution is -2.46. The molecule has 2 aliphatic heterocycles. The molecule has 0 aliphatic carbocycles. The van der Waals surface area contributed by atoms with Crippen LogP contribution in [0.2, 0.25) is 0 Å². The molecule has 1 aromatic carbocycles. The minimum atomic E-state index is -0.718. The smallest absolute Gasteiger partial charge is 0.325 e. The van der Waals surface area contributed by atoms with Crippen LogP contribution in [0.3, 0.4) is 0 Å². The third-order valence-electron chi connectivity index (χ3n) is 4.21. The molecule has 7 heteroatoms. The molecule has 3 amide bonds. The Labute approximate surface area is 137 Å². The lowest BCUT2D eigenvalue weighted by atomic mass is 9.99. The fourth-order valence-electron chi connectivity index (χ4n) is 2.94. The van der Waals surface area contributed by atoms with Crippen LogP contribution < -0.4 is 5.32 Å². The fourth-order valence-corrected chi connectivity index (χ4v) is 4.27. The Morgan fingerprint density at radius 1 is 1.30 bits per heavy atom. The number of rotatable bonds is 3. The van der Waals surface area contributed by atoms with Gasteiger partial charge < -0.3 is 9.84 Å². The second-order valence-corrected chi connectivity index (χ2v) is 6.86. The number of urea groups is 1. The standard InChI is InChI=1S/C16H15N3O3S/c20-14-16(6-7-23-10-16)17-15(21)19(14)9-12-8-13(18-22-12)11-4-2-1-3-5-11/h1-5,8H,6-7,9-10H2,(H,17,21)/t16-/m0/s1. The molecule has 3 heterocycles. The molecule has 2 saturated heterocycles. The van der Waals surface area contributed by atoms with E-state index in [0.717, 1.165) is 11.3 Å². The highest BCUT2D eigenvalue weighted by Gasteiger charge is 2.53. The average Bonchev–Trinajstić information content (AvgIpc) is 3.27. The predicted octanol–water partition coefficient (Wildman–Crippen LogP) is 2.27. The number of benzene rings is 1. The van der Waals surface area contributed by atoms with Crippen LogP contribution in [0, 0.1) is 0 Å². The maximum Gasteiger partial charge on any atom is 0.325 e. The Morgan fingerprint density at radius 3 is 2.87 bits per heavy atom. The molecule has 1 spiro atoms. The number of carbonyl (C=O) groups is 2. The maximum absolute atomic E-state index is 12.6. The summed E-state index contributed by atoms with van der Waals surface area (Å²) in [5, 5.41) is 6.86. The summed E-state index contributed by atoms with van der Waals surface area (Å²) in [5.41, 5.74) is 0.909. The van der Waals surface area contributed by atoms with E-state index in [-0.39, 0.29) is 18.5 Å². The normalized spacial score (nSPS) is 23.7. The van der Waals surface area contributed by atoms with Crippen molar-refractivity contribution >= 4 is 23.7 Å². The average molecular weight is 329 g/mol. The van der Waals surface area contributed by atoms with E-state index in [1.807, 2.05) is 30.3 Å². The van der Waals surface area contributed by atoms with Crippen molar-refractivity contribution in [1.82, 2.24) is 15.4 Å². The molecule has 0 unspecified atom stereocenters. The molecule has 0 saturated carbocycles. The van der Waals surface area contributed by atoms with Gasteiger partial charge in [-0.3, -0.25) is 9.69 Å². The van der Waals surface area contributed by atoms with Gasteiger partial charge in [0.25, 0.3) is 5.91 Å². The topological polar surface area (TPSA) is 75.4 Å². The van der Waals surface area contributed by atoms with Gasteiger partial charge >= 0.3 is 6.03 Å². The highest BCUT2D eigenvalue weighted by molar-refractivity contribution is 7.99. The number of nitrogens with one attached hydrogen (secondary N) is 1. The molecular formula is C16H15N3O3S. The summed E-state index contributed by atoms with van der Waals surface area (Å²) in [6, 6.07) is 11.0. The molecule has 1 atom stereocenters. The van der Waals surface area contributed by atoms with Gasteiger partial charge in [-0.05, 0) is 12.2 Å². The minimum absolute atomic E-state index is 0.108. The summed E-state index contributed by atoms with van der Waals surface area (Å²) >= 11 is 1.69. The number of thioether (sulfide) groups is 1. The molecule has 1 aromatic heterocycles. The minimum Gasteiger partial charge on any atom is -0.359 e. The summed E-state index contributed by atoms with van der Waals surface area (Å²) in [7, 11) is 0. The van der Waals surface area contributed by atoms with Gasteiger partial charge in [-0.25, -0.2) is 4.79 Å². The highest BCUT2D eigenvalue weighted by Crippen LogP contribution is 2.34. The van der Waals surface area contributed by atoms with Crippen molar-refractivity contribution in [3.05, 3.63) is 42.2 Å². The van der Waals surface area contributed by atoms with Crippen molar-refractivity contribution in [3.63, 3.8) is 0 Å². The first-order valence-electron chi connectivity index (χ1n) is 7.41. The second-order valence-electron chi connectivity index (χ2n) is 5.75. The Bertz CT molecular complexity index is 753. The summed E-state index contributed by atoms with van der Waals surface area (Å²) < 4.78 is 5.30. The Kier molecular flexibility index (Phi) is 3.37. The number of hydrogen-bond donors (Lipinski definition) is 1. The molecule has 0 bridgehead atoms. The van der Waals surface area contributed by atoms with Crippen molar-refractivity contribution in [3.8, 4) is 11.3 Å². The summed E-state index contributed by atoms with van der Waals surface area (Å²) in [6.45, 7) is 0.108. The zero-order valence-corrected chi connectivity index (χ0v) is 13.1. The first-order chi connectivity index (χ1) is 11.2. The summed E-state index contributed by atoms with van der Waals surface area (Å²) in [6.07, 6.45) is 0.685. The van der Waals surface area contributed by atoms with Gasteiger partial charge in [-0.15, -0.1) is 0 Å². The van der Waals surface area contributed by atoms with Crippen molar-refractivity contribution in [1.29, 1.82) is 0 Å². The van der Waals surface area contributed by atoms with Gasteiger partial charge in [0.2, 0.25) is 0 Å². The second kappa shape index (κ2) is 5.42. The number of hydrogen-bond acceptors (Lipinski definition) is 5. The van der Waals surface area contributed by atoms with Crippen LogP contribution in [-0.4, -0.2) is 39.0 Å². The Morgan fingerprint density at radius 2 is 2.13 bits per heavy atom. The maximum atomic E-state index is 12.6. The van der Waals surface area contributed by atoms with Crippen LogP contribution >= 0.6 is 11.8 Å². The number of nitrogens with zero attached hydrogens (tertiary/aromatic N) is 2. The van der Waals surface area contributed by atoms with E-state index < -0.39 is 5.54 Å². The van der Waals surface area contributed by atoms with Gasteiger partial charge in [-0.1, -0.05) is 35.5 Å². The van der Waals surface area contributed by atoms with E-state index in [0.29, 0.717) is 23.6 Å². The zero-order valence-electron chi connectivity index (χ0n) is 12.3. The van der Waals surface area contributed by atoms with Crippen LogP contribution in [0.4, 0.5) is 4.79 Å². The molecule has 6 nitrogen and oxygen atoms in total. The number of aromatic nitrogens is 1. The largest absolute Gasteiger partial charge is 0.359 e. The molecule has 2 aliphatic rings. The first-order valence-corrected chi connectivity index (χ1v) is 8.56. The monoisotopic (exact) mass is 329 g/mol. The van der Waals surface area contributed by atoms with E-state index in [1.54, 1.807) is 17.8 Å². The van der Waals surface area contributed by atoms with Crippen LogP contribution in [0.15, 0.2) is 40.9 Å². The molecule has 4 rings (SSSR count). The third kappa shape index (κ3) is 2.41. The highest BCUT2D eigenvalue weighted by atomic mass is 32.2. The van der Waals surface area contributed by atoms with E-state index in [2.05, 4.69) is 10.5 Å². The molecule has 23 heavy (non-hydrogen) atoms. The summed E-state index contributed by atoms with van der Waals surface area (Å²) in [5.74, 6) is 1.86. The van der Waals surface area contributed by atoms with E-state index in [1.165, 1.54) is 4.90 Å². The van der Waals surface area contributed by atoms with Crippen molar-refractivity contribution < 1.29 is 14.1 Å². The third-order valence-corrected chi connectivity index (χ3v) is 5.40. The van der Waals surface area contributed by atoms with Crippen molar-refractivity contribution in [2.75, 3.05) is 11.5 Å². The SMILES string of the molecule is O=C1N[C@]2(CCSC2)C(=O)N1Cc1cc(-c2ccccc2)no1. The lowest BCUT2D eigenvalue weighted by molar-refractivity contribution is -0.131. The quantitative estimate of drug-likeness (QED) is 0.874. The lowest BCUT2D eigenvalue weighted by Gasteiger charge is -2.18. The summed E-state index contributed by atoms with van der Waals surface area (Å²) in [4.78, 5) is 26.0. The van der Waals surface area contributed by atoms with E-state index in [4.69, 9.17) is 4.52 Å². The van der Waals surface area contributed by atoms with Crippen LogP contribution in [0.5, 0.6) is 0 Å². The first kappa shape index (κ1) is 14.3. The molecule has 2 fully saturated rings. The van der Waals surface area contributed by atoms with Crippen LogP contribution in [0.25, 0.3) is 11.3 Å². The van der Waals surface area contributed by atoms with Gasteiger partial charge in [0, 0.05) is 17.4 Å². The molecule has 0 radical (unpaired) electrons. The van der Waals surface area contributed by atoms with E-state index >= 15 is 0 Å². The number of carbonyl (C=O) groups excluding carboxylic acids is 2. The molecule has 2 aromatic rings. The molecule has 1 N–H and O–H groups in total. The van der Waals surface area contributed by atoms with Gasteiger partial charge in [0.15, 0.2) is 5.76 Å². The molecular weight excluding hydrogens is 314 g/mol. The van der Waals surface area contributed by atoms with Gasteiger partial charge in [0.1, 0.15) is 11.2 Å². The van der Waals surface area contributed by atoms with Crippen LogP contribution in [0.1, 0.15) is 12.2 Å².